The summed E-state index contributed by atoms with van der Waals surface area (Å²) in [6.07, 6.45) is -4.57. The molecule has 1 aromatic rings. The number of aryl methyl sites for hydroxylation is 1. The van der Waals surface area contributed by atoms with Gasteiger partial charge in [-0.3, -0.25) is 0 Å². The first kappa shape index (κ1) is 16.5. The van der Waals surface area contributed by atoms with E-state index in [9.17, 15) is 21.6 Å². The number of nitrogens with zero attached hydrogens (tertiary/aromatic N) is 1. The fourth-order valence-electron chi connectivity index (χ4n) is 1.56. The first-order chi connectivity index (χ1) is 8.58. The summed E-state index contributed by atoms with van der Waals surface area (Å²) in [5.74, 6) is 0. The van der Waals surface area contributed by atoms with Gasteiger partial charge >= 0.3 is 6.18 Å². The van der Waals surface area contributed by atoms with Crippen molar-refractivity contribution < 1.29 is 21.6 Å². The van der Waals surface area contributed by atoms with E-state index in [0.29, 0.717) is 14.3 Å². The van der Waals surface area contributed by atoms with Gasteiger partial charge in [-0.05, 0) is 24.6 Å². The Morgan fingerprint density at radius 2 is 1.89 bits per heavy atom. The number of halogens is 4. The monoisotopic (exact) mass is 359 g/mol. The topological polar surface area (TPSA) is 37.4 Å². The van der Waals surface area contributed by atoms with E-state index in [2.05, 4.69) is 15.9 Å². The lowest BCUT2D eigenvalue weighted by molar-refractivity contribution is -0.135. The average Bonchev–Trinajstić information content (AvgIpc) is 2.27. The molecule has 0 aliphatic rings. The molecule has 19 heavy (non-hydrogen) atoms. The van der Waals surface area contributed by atoms with Crippen LogP contribution in [0.4, 0.5) is 13.2 Å². The summed E-state index contributed by atoms with van der Waals surface area (Å²) in [5, 5.41) is 0. The van der Waals surface area contributed by atoms with E-state index in [0.717, 1.165) is 0 Å². The van der Waals surface area contributed by atoms with Crippen molar-refractivity contribution >= 4 is 26.0 Å². The molecular formula is C11H13BrF3NO2S. The van der Waals surface area contributed by atoms with Crippen molar-refractivity contribution in [3.8, 4) is 0 Å². The molecule has 0 bridgehead atoms. The zero-order valence-corrected chi connectivity index (χ0v) is 12.7. The SMILES string of the molecule is CCN(CC(F)(F)F)S(=O)(=O)c1cc(Br)ccc1C. The van der Waals surface area contributed by atoms with Gasteiger partial charge in [0.15, 0.2) is 0 Å². The lowest BCUT2D eigenvalue weighted by Crippen LogP contribution is -2.39. The van der Waals surface area contributed by atoms with Crippen molar-refractivity contribution in [1.29, 1.82) is 0 Å². The minimum Gasteiger partial charge on any atom is -0.207 e. The van der Waals surface area contributed by atoms with E-state index in [1.807, 2.05) is 0 Å². The van der Waals surface area contributed by atoms with Crippen molar-refractivity contribution in [3.63, 3.8) is 0 Å². The van der Waals surface area contributed by atoms with E-state index in [4.69, 9.17) is 0 Å². The number of hydrogen-bond donors (Lipinski definition) is 0. The zero-order valence-electron chi connectivity index (χ0n) is 10.3. The van der Waals surface area contributed by atoms with E-state index in [-0.39, 0.29) is 11.4 Å². The first-order valence-electron chi connectivity index (χ1n) is 5.41. The molecule has 0 fully saturated rings. The van der Waals surface area contributed by atoms with Crippen molar-refractivity contribution in [1.82, 2.24) is 4.31 Å². The van der Waals surface area contributed by atoms with E-state index < -0.39 is 22.7 Å². The normalized spacial score (nSPS) is 13.0. The number of alkyl halides is 3. The number of sulfonamides is 1. The van der Waals surface area contributed by atoms with Gasteiger partial charge in [-0.2, -0.15) is 17.5 Å². The predicted molar refractivity (Wildman–Crippen MR) is 69.4 cm³/mol. The molecule has 0 N–H and O–H groups in total. The highest BCUT2D eigenvalue weighted by atomic mass is 79.9. The Morgan fingerprint density at radius 3 is 2.37 bits per heavy atom. The maximum Gasteiger partial charge on any atom is 0.402 e. The molecule has 0 heterocycles. The zero-order chi connectivity index (χ0) is 14.8. The molecule has 0 unspecified atom stereocenters. The molecule has 1 rings (SSSR count). The summed E-state index contributed by atoms with van der Waals surface area (Å²) in [7, 11) is -4.15. The number of rotatable bonds is 4. The molecule has 0 radical (unpaired) electrons. The molecule has 108 valence electrons. The lowest BCUT2D eigenvalue weighted by Gasteiger charge is -2.22. The molecule has 0 saturated heterocycles. The fourth-order valence-corrected chi connectivity index (χ4v) is 3.76. The maximum absolute atomic E-state index is 12.4. The molecule has 0 aliphatic carbocycles. The smallest absolute Gasteiger partial charge is 0.207 e. The van der Waals surface area contributed by atoms with Crippen LogP contribution in [-0.4, -0.2) is 32.0 Å². The summed E-state index contributed by atoms with van der Waals surface area (Å²) >= 11 is 3.12. The highest BCUT2D eigenvalue weighted by Gasteiger charge is 2.36. The summed E-state index contributed by atoms with van der Waals surface area (Å²) in [5.41, 5.74) is 0.406. The summed E-state index contributed by atoms with van der Waals surface area (Å²) < 4.78 is 62.6. The van der Waals surface area contributed by atoms with Crippen LogP contribution in [0.3, 0.4) is 0 Å². The van der Waals surface area contributed by atoms with Crippen molar-refractivity contribution in [2.75, 3.05) is 13.1 Å². The van der Waals surface area contributed by atoms with Crippen LogP contribution in [0.15, 0.2) is 27.6 Å². The van der Waals surface area contributed by atoms with Gasteiger partial charge in [0.1, 0.15) is 6.54 Å². The van der Waals surface area contributed by atoms with Crippen LogP contribution >= 0.6 is 15.9 Å². The Morgan fingerprint density at radius 1 is 1.32 bits per heavy atom. The standard InChI is InChI=1S/C11H13BrF3NO2S/c1-3-16(7-11(13,14)15)19(17,18)10-6-9(12)5-4-8(10)2/h4-6H,3,7H2,1-2H3. The molecule has 1 aromatic carbocycles. The molecule has 0 aromatic heterocycles. The van der Waals surface area contributed by atoms with Crippen LogP contribution < -0.4 is 0 Å². The molecular weight excluding hydrogens is 347 g/mol. The second kappa shape index (κ2) is 5.80. The minimum atomic E-state index is -4.57. The van der Waals surface area contributed by atoms with Gasteiger partial charge in [0.25, 0.3) is 0 Å². The molecule has 3 nitrogen and oxygen atoms in total. The Kier molecular flexibility index (Phi) is 5.02. The first-order valence-corrected chi connectivity index (χ1v) is 7.64. The summed E-state index contributed by atoms with van der Waals surface area (Å²) in [6.45, 7) is 1.18. The second-order valence-electron chi connectivity index (χ2n) is 3.96. The highest BCUT2D eigenvalue weighted by molar-refractivity contribution is 9.10. The lowest BCUT2D eigenvalue weighted by atomic mass is 10.2. The molecule has 0 atom stereocenters. The van der Waals surface area contributed by atoms with Gasteiger partial charge in [-0.25, -0.2) is 8.42 Å². The quantitative estimate of drug-likeness (QED) is 0.826. The van der Waals surface area contributed by atoms with E-state index in [1.165, 1.54) is 13.0 Å². The second-order valence-corrected chi connectivity index (χ2v) is 6.78. The molecule has 0 amide bonds. The maximum atomic E-state index is 12.4. The number of benzene rings is 1. The summed E-state index contributed by atoms with van der Waals surface area (Å²) in [4.78, 5) is -0.118. The largest absolute Gasteiger partial charge is 0.402 e. The average molecular weight is 360 g/mol. The van der Waals surface area contributed by atoms with Crippen LogP contribution in [-0.2, 0) is 10.0 Å². The van der Waals surface area contributed by atoms with Gasteiger partial charge in [-0.15, -0.1) is 0 Å². The predicted octanol–water partition coefficient (Wildman–Crippen LogP) is 3.33. The summed E-state index contributed by atoms with van der Waals surface area (Å²) in [6, 6.07) is 4.48. The van der Waals surface area contributed by atoms with Gasteiger partial charge < -0.3 is 0 Å². The van der Waals surface area contributed by atoms with Crippen LogP contribution in [0.5, 0.6) is 0 Å². The molecule has 8 heteroatoms. The molecule has 0 saturated carbocycles. The fraction of sp³-hybridized carbons (Fsp3) is 0.455. The third-order valence-corrected chi connectivity index (χ3v) is 5.03. The molecule has 0 spiro atoms. The van der Waals surface area contributed by atoms with Crippen molar-refractivity contribution in [2.24, 2.45) is 0 Å². The van der Waals surface area contributed by atoms with Crippen LogP contribution in [0.1, 0.15) is 12.5 Å². The van der Waals surface area contributed by atoms with Crippen LogP contribution in [0, 0.1) is 6.92 Å². The van der Waals surface area contributed by atoms with Crippen LogP contribution in [0.2, 0.25) is 0 Å². The van der Waals surface area contributed by atoms with Gasteiger partial charge in [-0.1, -0.05) is 28.9 Å². The third-order valence-electron chi connectivity index (χ3n) is 2.48. The van der Waals surface area contributed by atoms with Gasteiger partial charge in [0.05, 0.1) is 4.90 Å². The Bertz CT molecular complexity index is 558. The van der Waals surface area contributed by atoms with Crippen molar-refractivity contribution in [3.05, 3.63) is 28.2 Å². The van der Waals surface area contributed by atoms with Crippen LogP contribution in [0.25, 0.3) is 0 Å². The minimum absolute atomic E-state index is 0.118. The Balaban J connectivity index is 3.25. The van der Waals surface area contributed by atoms with Crippen molar-refractivity contribution in [2.45, 2.75) is 24.9 Å². The Hall–Kier alpha value is -0.600. The van der Waals surface area contributed by atoms with E-state index >= 15 is 0 Å². The van der Waals surface area contributed by atoms with Gasteiger partial charge in [0, 0.05) is 11.0 Å². The van der Waals surface area contributed by atoms with Gasteiger partial charge in [0.2, 0.25) is 10.0 Å². The highest BCUT2D eigenvalue weighted by Crippen LogP contribution is 2.26. The number of hydrogen-bond acceptors (Lipinski definition) is 2. The Labute approximate surface area is 118 Å². The van der Waals surface area contributed by atoms with E-state index in [1.54, 1.807) is 19.1 Å². The third kappa shape index (κ3) is 4.19. The molecule has 0 aliphatic heterocycles.